The molecule has 0 unspecified atom stereocenters. The number of rotatable bonds is 5. The second-order valence-electron chi connectivity index (χ2n) is 11.5. The van der Waals surface area contributed by atoms with Crippen LogP contribution in [-0.4, -0.2) is 63.3 Å². The molecule has 3 aliphatic rings. The number of nitrogens with one attached hydrogen (secondary N) is 2. The first-order chi connectivity index (χ1) is 17.8. The lowest BCUT2D eigenvalue weighted by molar-refractivity contribution is -0.142. The molecule has 9 nitrogen and oxygen atoms in total. The molecule has 0 radical (unpaired) electrons. The first kappa shape index (κ1) is 25.4. The molecule has 3 amide bonds. The van der Waals surface area contributed by atoms with Crippen LogP contribution in [0.2, 0.25) is 0 Å². The minimum Gasteiger partial charge on any atom is -0.354 e. The quantitative estimate of drug-likeness (QED) is 0.647. The summed E-state index contributed by atoms with van der Waals surface area (Å²) in [5.41, 5.74) is 1.37. The van der Waals surface area contributed by atoms with Crippen LogP contribution < -0.4 is 10.6 Å². The standard InChI is InChI=1S/C28H38N6O3/c1-27(10-11-27)9-8-24(35)33-16-12-28(13-17-33)19-22-20-34(32-31-22)15-5-14-29-25(36)23(30-26(28)37)18-21-6-3-2-4-7-21/h2-4,6-7,20,23H,5,8-19H2,1H3,(H,29,36)(H,30,37)/t23-/m0/s1. The molecular weight excluding hydrogens is 468 g/mol. The molecule has 1 spiro atoms. The molecule has 2 aromatic rings. The van der Waals surface area contributed by atoms with Crippen LogP contribution in [0, 0.1) is 10.8 Å². The Bertz CT molecular complexity index is 1120. The minimum atomic E-state index is -0.747. The van der Waals surface area contributed by atoms with E-state index in [1.165, 1.54) is 12.8 Å². The lowest BCUT2D eigenvalue weighted by Crippen LogP contribution is -2.56. The smallest absolute Gasteiger partial charge is 0.242 e. The van der Waals surface area contributed by atoms with Gasteiger partial charge in [-0.25, -0.2) is 0 Å². The molecule has 2 N–H and O–H groups in total. The molecule has 5 rings (SSSR count). The Kier molecular flexibility index (Phi) is 7.31. The highest BCUT2D eigenvalue weighted by molar-refractivity contribution is 5.90. The van der Waals surface area contributed by atoms with E-state index in [1.54, 1.807) is 4.68 Å². The van der Waals surface area contributed by atoms with Crippen molar-refractivity contribution in [2.24, 2.45) is 10.8 Å². The van der Waals surface area contributed by atoms with Gasteiger partial charge in [0.25, 0.3) is 0 Å². The first-order valence-electron chi connectivity index (χ1n) is 13.6. The average Bonchev–Trinajstić information content (AvgIpc) is 3.48. The Morgan fingerprint density at radius 2 is 1.84 bits per heavy atom. The summed E-state index contributed by atoms with van der Waals surface area (Å²) < 4.78 is 1.78. The normalized spacial score (nSPS) is 23.3. The molecule has 2 fully saturated rings. The van der Waals surface area contributed by atoms with E-state index in [0.717, 1.165) is 24.1 Å². The number of likely N-dealkylation sites (tertiary alicyclic amines) is 1. The van der Waals surface area contributed by atoms with Gasteiger partial charge in [0, 0.05) is 51.6 Å². The molecule has 198 valence electrons. The topological polar surface area (TPSA) is 109 Å². The van der Waals surface area contributed by atoms with Crippen LogP contribution in [-0.2, 0) is 33.8 Å². The fourth-order valence-corrected chi connectivity index (χ4v) is 5.52. The van der Waals surface area contributed by atoms with Crippen molar-refractivity contribution in [2.45, 2.75) is 77.3 Å². The zero-order valence-corrected chi connectivity index (χ0v) is 21.7. The van der Waals surface area contributed by atoms with Crippen molar-refractivity contribution in [3.05, 3.63) is 47.8 Å². The summed E-state index contributed by atoms with van der Waals surface area (Å²) in [6.07, 6.45) is 8.50. The van der Waals surface area contributed by atoms with Crippen LogP contribution in [0.15, 0.2) is 36.5 Å². The number of hydrogen-bond acceptors (Lipinski definition) is 5. The second kappa shape index (κ2) is 10.6. The van der Waals surface area contributed by atoms with E-state index in [2.05, 4.69) is 27.9 Å². The van der Waals surface area contributed by atoms with Crippen molar-refractivity contribution >= 4 is 17.7 Å². The van der Waals surface area contributed by atoms with Gasteiger partial charge >= 0.3 is 0 Å². The molecular formula is C28H38N6O3. The maximum atomic E-state index is 13.9. The Labute approximate surface area is 218 Å². The fraction of sp³-hybridized carbons (Fsp3) is 0.607. The third kappa shape index (κ3) is 6.19. The van der Waals surface area contributed by atoms with Crippen molar-refractivity contribution < 1.29 is 14.4 Å². The van der Waals surface area contributed by atoms with Crippen LogP contribution in [0.25, 0.3) is 0 Å². The molecule has 2 bridgehead atoms. The van der Waals surface area contributed by atoms with Gasteiger partial charge < -0.3 is 15.5 Å². The SMILES string of the molecule is CC1(CCC(=O)N2CCC3(CC2)Cc2cn(nn2)CCCNC(=O)[C@H](Cc2ccccc2)NC3=O)CC1. The van der Waals surface area contributed by atoms with E-state index in [1.807, 2.05) is 41.4 Å². The summed E-state index contributed by atoms with van der Waals surface area (Å²) in [4.78, 5) is 41.9. The Morgan fingerprint density at radius 3 is 2.57 bits per heavy atom. The van der Waals surface area contributed by atoms with Crippen molar-refractivity contribution in [1.82, 2.24) is 30.5 Å². The van der Waals surface area contributed by atoms with Crippen LogP contribution >= 0.6 is 0 Å². The van der Waals surface area contributed by atoms with Crippen LogP contribution in [0.5, 0.6) is 0 Å². The zero-order valence-electron chi connectivity index (χ0n) is 21.7. The molecule has 1 aliphatic carbocycles. The summed E-state index contributed by atoms with van der Waals surface area (Å²) >= 11 is 0. The van der Waals surface area contributed by atoms with Gasteiger partial charge in [0.05, 0.1) is 11.1 Å². The van der Waals surface area contributed by atoms with Gasteiger partial charge in [-0.05, 0) is 49.5 Å². The number of fused-ring (bicyclic) bond motifs is 2. The summed E-state index contributed by atoms with van der Waals surface area (Å²) in [6.45, 7) is 4.46. The predicted octanol–water partition coefficient (Wildman–Crippen LogP) is 2.26. The van der Waals surface area contributed by atoms with Gasteiger partial charge in [0.1, 0.15) is 6.04 Å². The molecule has 37 heavy (non-hydrogen) atoms. The molecule has 1 atom stereocenters. The molecule has 1 aromatic heterocycles. The van der Waals surface area contributed by atoms with Crippen molar-refractivity contribution in [2.75, 3.05) is 19.6 Å². The number of nitrogens with zero attached hydrogens (tertiary/aromatic N) is 4. The lowest BCUT2D eigenvalue weighted by atomic mass is 9.73. The maximum absolute atomic E-state index is 13.9. The summed E-state index contributed by atoms with van der Waals surface area (Å²) in [5, 5.41) is 14.7. The second-order valence-corrected chi connectivity index (χ2v) is 11.5. The monoisotopic (exact) mass is 506 g/mol. The molecule has 9 heteroatoms. The van der Waals surface area contributed by atoms with Gasteiger partial charge in [-0.15, -0.1) is 5.10 Å². The number of carbonyl (C=O) groups excluding carboxylic acids is 3. The fourth-order valence-electron chi connectivity index (χ4n) is 5.52. The van der Waals surface area contributed by atoms with Crippen LogP contribution in [0.4, 0.5) is 0 Å². The van der Waals surface area contributed by atoms with Crippen LogP contribution in [0.3, 0.4) is 0 Å². The number of carbonyl (C=O) groups is 3. The molecule has 3 heterocycles. The van der Waals surface area contributed by atoms with E-state index < -0.39 is 11.5 Å². The Morgan fingerprint density at radius 1 is 1.08 bits per heavy atom. The van der Waals surface area contributed by atoms with Crippen molar-refractivity contribution in [1.29, 1.82) is 0 Å². The van der Waals surface area contributed by atoms with Crippen LogP contribution in [0.1, 0.15) is 63.1 Å². The van der Waals surface area contributed by atoms with Crippen molar-refractivity contribution in [3.8, 4) is 0 Å². The van der Waals surface area contributed by atoms with Gasteiger partial charge in [-0.2, -0.15) is 0 Å². The van der Waals surface area contributed by atoms with Crippen molar-refractivity contribution in [3.63, 3.8) is 0 Å². The van der Waals surface area contributed by atoms with Gasteiger partial charge in [0.2, 0.25) is 17.7 Å². The highest BCUT2D eigenvalue weighted by Gasteiger charge is 2.44. The highest BCUT2D eigenvalue weighted by Crippen LogP contribution is 2.49. The Hall–Kier alpha value is -3.23. The van der Waals surface area contributed by atoms with Gasteiger partial charge in [-0.1, -0.05) is 42.5 Å². The van der Waals surface area contributed by atoms with E-state index in [9.17, 15) is 14.4 Å². The van der Waals surface area contributed by atoms with E-state index in [4.69, 9.17) is 0 Å². The molecule has 1 aromatic carbocycles. The zero-order chi connectivity index (χ0) is 25.9. The number of amides is 3. The third-order valence-electron chi connectivity index (χ3n) is 8.47. The summed E-state index contributed by atoms with van der Waals surface area (Å²) in [5.74, 6) is -0.138. The number of hydrogen-bond donors (Lipinski definition) is 2. The molecule has 1 saturated carbocycles. The lowest BCUT2D eigenvalue weighted by Gasteiger charge is -2.41. The predicted molar refractivity (Wildman–Crippen MR) is 138 cm³/mol. The summed E-state index contributed by atoms with van der Waals surface area (Å²) in [7, 11) is 0. The number of benzene rings is 1. The van der Waals surface area contributed by atoms with Gasteiger partial charge in [0.15, 0.2) is 0 Å². The first-order valence-corrected chi connectivity index (χ1v) is 13.6. The number of aromatic nitrogens is 3. The number of aryl methyl sites for hydroxylation is 1. The molecule has 2 aliphatic heterocycles. The average molecular weight is 507 g/mol. The number of piperidine rings is 1. The van der Waals surface area contributed by atoms with E-state index >= 15 is 0 Å². The third-order valence-corrected chi connectivity index (χ3v) is 8.47. The molecule has 1 saturated heterocycles. The summed E-state index contributed by atoms with van der Waals surface area (Å²) in [6, 6.07) is 9.10. The largest absolute Gasteiger partial charge is 0.354 e. The Balaban J connectivity index is 1.34. The van der Waals surface area contributed by atoms with E-state index in [-0.39, 0.29) is 17.7 Å². The minimum absolute atomic E-state index is 0.144. The maximum Gasteiger partial charge on any atom is 0.242 e. The van der Waals surface area contributed by atoms with Gasteiger partial charge in [-0.3, -0.25) is 19.1 Å². The van der Waals surface area contributed by atoms with E-state index in [0.29, 0.717) is 63.7 Å². The highest BCUT2D eigenvalue weighted by atomic mass is 16.2.